The number of carbonyl (C=O) groups excluding carboxylic acids is 1. The molecule has 4 aromatic rings. The number of nitrogens with zero attached hydrogens (tertiary/aromatic N) is 3. The molecule has 0 unspecified atom stereocenters. The van der Waals surface area contributed by atoms with Gasteiger partial charge in [-0.15, -0.1) is 0 Å². The molecule has 4 rings (SSSR count). The number of pyridine rings is 1. The molecule has 2 heterocycles. The average Bonchev–Trinajstić information content (AvgIpc) is 2.81. The molecule has 0 saturated carbocycles. The molecule has 0 saturated heterocycles. The van der Waals surface area contributed by atoms with Crippen LogP contribution < -0.4 is 10.9 Å². The lowest BCUT2D eigenvalue weighted by atomic mass is 10.1. The first-order chi connectivity index (χ1) is 15.8. The van der Waals surface area contributed by atoms with Gasteiger partial charge in [0.1, 0.15) is 5.69 Å². The minimum atomic E-state index is -1.05. The molecule has 2 aromatic heterocycles. The van der Waals surface area contributed by atoms with Gasteiger partial charge in [0, 0.05) is 6.54 Å². The summed E-state index contributed by atoms with van der Waals surface area (Å²) in [6.07, 6.45) is 2.65. The minimum Gasteiger partial charge on any atom is -0.478 e. The molecule has 0 atom stereocenters. The van der Waals surface area contributed by atoms with Gasteiger partial charge in [-0.2, -0.15) is 0 Å². The Morgan fingerprint density at radius 1 is 0.970 bits per heavy atom. The normalized spacial score (nSPS) is 10.8. The third-order valence-corrected chi connectivity index (χ3v) is 4.93. The molecular weight excluding hydrogens is 434 g/mol. The topological polar surface area (TPSA) is 114 Å². The van der Waals surface area contributed by atoms with E-state index in [4.69, 9.17) is 5.11 Å². The van der Waals surface area contributed by atoms with Crippen LogP contribution >= 0.6 is 0 Å². The van der Waals surface area contributed by atoms with Gasteiger partial charge < -0.3 is 10.4 Å². The number of benzene rings is 2. The van der Waals surface area contributed by atoms with Crippen LogP contribution in [0.3, 0.4) is 0 Å². The van der Waals surface area contributed by atoms with Crippen molar-refractivity contribution in [2.24, 2.45) is 0 Å². The molecule has 0 aliphatic rings. The van der Waals surface area contributed by atoms with Crippen molar-refractivity contribution in [2.75, 3.05) is 0 Å². The van der Waals surface area contributed by atoms with Crippen LogP contribution in [0, 0.1) is 11.6 Å². The maximum atomic E-state index is 13.3. The van der Waals surface area contributed by atoms with Gasteiger partial charge in [-0.3, -0.25) is 14.2 Å². The number of rotatable bonds is 6. The van der Waals surface area contributed by atoms with Crippen molar-refractivity contribution < 1.29 is 23.5 Å². The zero-order chi connectivity index (χ0) is 23.5. The van der Waals surface area contributed by atoms with Crippen molar-refractivity contribution in [3.63, 3.8) is 0 Å². The Morgan fingerprint density at radius 3 is 2.39 bits per heavy atom. The fourth-order valence-corrected chi connectivity index (χ4v) is 3.17. The Kier molecular flexibility index (Phi) is 5.90. The summed E-state index contributed by atoms with van der Waals surface area (Å²) in [5.41, 5.74) is 1.05. The second kappa shape index (κ2) is 8.95. The molecule has 0 aliphatic carbocycles. The molecule has 2 N–H and O–H groups in total. The van der Waals surface area contributed by atoms with Crippen LogP contribution in [0.25, 0.3) is 10.9 Å². The smallest absolute Gasteiger partial charge is 0.335 e. The van der Waals surface area contributed by atoms with Gasteiger partial charge in [-0.1, -0.05) is 18.2 Å². The predicted octanol–water partition coefficient (Wildman–Crippen LogP) is 2.75. The first kappa shape index (κ1) is 21.8. The molecule has 0 spiro atoms. The van der Waals surface area contributed by atoms with Crippen LogP contribution in [-0.4, -0.2) is 31.5 Å². The van der Waals surface area contributed by atoms with Gasteiger partial charge in [0.15, 0.2) is 11.6 Å². The summed E-state index contributed by atoms with van der Waals surface area (Å²) in [6.45, 7) is 0.0982. The number of carboxylic acids is 1. The number of hydrogen-bond donors (Lipinski definition) is 2. The molecule has 8 nitrogen and oxygen atoms in total. The van der Waals surface area contributed by atoms with Crippen molar-refractivity contribution in [3.8, 4) is 0 Å². The maximum absolute atomic E-state index is 13.3. The SMILES string of the molecule is O=C(O)c1ccc(Cn2cnc3cnc(C(=O)NCc4ccc(F)c(F)c4)cc3c2=O)cc1. The van der Waals surface area contributed by atoms with E-state index in [1.54, 1.807) is 12.1 Å². The van der Waals surface area contributed by atoms with E-state index in [0.717, 1.165) is 12.1 Å². The molecule has 0 radical (unpaired) electrons. The Morgan fingerprint density at radius 2 is 1.70 bits per heavy atom. The summed E-state index contributed by atoms with van der Waals surface area (Å²) < 4.78 is 27.7. The van der Waals surface area contributed by atoms with Crippen LogP contribution in [0.4, 0.5) is 8.78 Å². The van der Waals surface area contributed by atoms with E-state index < -0.39 is 29.1 Å². The lowest BCUT2D eigenvalue weighted by Gasteiger charge is -2.09. The fourth-order valence-electron chi connectivity index (χ4n) is 3.17. The van der Waals surface area contributed by atoms with Crippen molar-refractivity contribution in [2.45, 2.75) is 13.1 Å². The Balaban J connectivity index is 1.55. The van der Waals surface area contributed by atoms with Crippen molar-refractivity contribution in [1.82, 2.24) is 19.9 Å². The van der Waals surface area contributed by atoms with Crippen molar-refractivity contribution in [3.05, 3.63) is 105 Å². The maximum Gasteiger partial charge on any atom is 0.335 e. The molecule has 33 heavy (non-hydrogen) atoms. The van der Waals surface area contributed by atoms with Crippen LogP contribution in [0.15, 0.2) is 65.8 Å². The summed E-state index contributed by atoms with van der Waals surface area (Å²) in [5.74, 6) is -3.65. The lowest BCUT2D eigenvalue weighted by molar-refractivity contribution is 0.0696. The van der Waals surface area contributed by atoms with Crippen molar-refractivity contribution >= 4 is 22.8 Å². The number of hydrogen-bond acceptors (Lipinski definition) is 5. The highest BCUT2D eigenvalue weighted by Gasteiger charge is 2.13. The summed E-state index contributed by atoms with van der Waals surface area (Å²) in [4.78, 5) is 44.6. The van der Waals surface area contributed by atoms with E-state index in [0.29, 0.717) is 16.6 Å². The zero-order valence-corrected chi connectivity index (χ0v) is 17.0. The van der Waals surface area contributed by atoms with E-state index in [9.17, 15) is 23.2 Å². The molecule has 0 aliphatic heterocycles. The third-order valence-electron chi connectivity index (χ3n) is 4.93. The highest BCUT2D eigenvalue weighted by Crippen LogP contribution is 2.11. The van der Waals surface area contributed by atoms with Crippen molar-refractivity contribution in [1.29, 1.82) is 0 Å². The molecule has 0 bridgehead atoms. The van der Waals surface area contributed by atoms with Crippen LogP contribution in [0.5, 0.6) is 0 Å². The summed E-state index contributed by atoms with van der Waals surface area (Å²) in [7, 11) is 0. The molecular formula is C23H16F2N4O4. The molecule has 0 fully saturated rings. The van der Waals surface area contributed by atoms with Gasteiger partial charge in [0.05, 0.1) is 35.5 Å². The molecule has 2 aromatic carbocycles. The largest absolute Gasteiger partial charge is 0.478 e. The number of carboxylic acid groups (broad SMARTS) is 1. The number of aromatic nitrogens is 3. The molecule has 166 valence electrons. The predicted molar refractivity (Wildman–Crippen MR) is 114 cm³/mol. The van der Waals surface area contributed by atoms with E-state index >= 15 is 0 Å². The summed E-state index contributed by atoms with van der Waals surface area (Å²) >= 11 is 0. The highest BCUT2D eigenvalue weighted by molar-refractivity contribution is 5.95. The lowest BCUT2D eigenvalue weighted by Crippen LogP contribution is -2.25. The summed E-state index contributed by atoms with van der Waals surface area (Å²) in [5, 5.41) is 11.7. The Bertz CT molecular complexity index is 1440. The summed E-state index contributed by atoms with van der Waals surface area (Å²) in [6, 6.07) is 10.7. The van der Waals surface area contributed by atoms with Crippen LogP contribution in [0.2, 0.25) is 0 Å². The second-order valence-electron chi connectivity index (χ2n) is 7.20. The van der Waals surface area contributed by atoms with E-state index in [1.165, 1.54) is 41.4 Å². The number of carbonyl (C=O) groups is 2. The number of aromatic carboxylic acids is 1. The third kappa shape index (κ3) is 4.74. The van der Waals surface area contributed by atoms with E-state index in [2.05, 4.69) is 15.3 Å². The van der Waals surface area contributed by atoms with Crippen LogP contribution in [0.1, 0.15) is 32.0 Å². The zero-order valence-electron chi connectivity index (χ0n) is 17.0. The molecule has 10 heteroatoms. The second-order valence-corrected chi connectivity index (χ2v) is 7.20. The number of nitrogens with one attached hydrogen (secondary N) is 1. The number of fused-ring (bicyclic) bond motifs is 1. The number of amides is 1. The molecule has 1 amide bonds. The fraction of sp³-hybridized carbons (Fsp3) is 0.0870. The average molecular weight is 450 g/mol. The Hall–Kier alpha value is -4.47. The van der Waals surface area contributed by atoms with Gasteiger partial charge >= 0.3 is 5.97 Å². The highest BCUT2D eigenvalue weighted by atomic mass is 19.2. The quantitative estimate of drug-likeness (QED) is 0.467. The Labute approximate surface area is 185 Å². The van der Waals surface area contributed by atoms with E-state index in [-0.39, 0.29) is 29.7 Å². The minimum absolute atomic E-state index is 0.0347. The standard InChI is InChI=1S/C23H16F2N4O4/c24-17-6-3-14(7-18(17)25)9-27-21(30)19-8-16-20(10-26-19)28-12-29(22(16)31)11-13-1-4-15(5-2-13)23(32)33/h1-8,10,12H,9,11H2,(H,27,30)(H,32,33). The van der Waals surface area contributed by atoms with Crippen LogP contribution in [-0.2, 0) is 13.1 Å². The van der Waals surface area contributed by atoms with Gasteiger partial charge in [-0.25, -0.2) is 23.5 Å². The van der Waals surface area contributed by atoms with Gasteiger partial charge in [0.25, 0.3) is 11.5 Å². The first-order valence-corrected chi connectivity index (χ1v) is 9.71. The van der Waals surface area contributed by atoms with E-state index in [1.807, 2.05) is 0 Å². The van der Waals surface area contributed by atoms with Gasteiger partial charge in [0.2, 0.25) is 0 Å². The number of halogens is 2. The van der Waals surface area contributed by atoms with Gasteiger partial charge in [-0.05, 0) is 41.5 Å². The first-order valence-electron chi connectivity index (χ1n) is 9.71. The monoisotopic (exact) mass is 450 g/mol.